The zero-order valence-corrected chi connectivity index (χ0v) is 19.0. The molecule has 2 aromatic carbocycles. The van der Waals surface area contributed by atoms with Gasteiger partial charge in [-0.1, -0.05) is 53.2 Å². The van der Waals surface area contributed by atoms with E-state index < -0.39 is 16.1 Å². The summed E-state index contributed by atoms with van der Waals surface area (Å²) in [4.78, 5) is 0.143. The van der Waals surface area contributed by atoms with E-state index in [9.17, 15) is 8.42 Å². The zero-order valence-electron chi connectivity index (χ0n) is 15.8. The molecule has 1 atom stereocenters. The van der Waals surface area contributed by atoms with E-state index in [1.165, 1.54) is 23.9 Å². The van der Waals surface area contributed by atoms with E-state index in [2.05, 4.69) is 14.9 Å². The van der Waals surface area contributed by atoms with E-state index >= 15 is 0 Å². The molecular weight excluding hydrogens is 451 g/mol. The van der Waals surface area contributed by atoms with Gasteiger partial charge in [0.1, 0.15) is 0 Å². The number of rotatable bonds is 8. The third kappa shape index (κ3) is 5.32. The molecule has 1 aromatic heterocycles. The summed E-state index contributed by atoms with van der Waals surface area (Å²) >= 11 is 13.6. The van der Waals surface area contributed by atoms with Crippen molar-refractivity contribution in [2.75, 3.05) is 0 Å². The van der Waals surface area contributed by atoms with E-state index in [0.717, 1.165) is 5.56 Å². The Balaban J connectivity index is 1.76. The summed E-state index contributed by atoms with van der Waals surface area (Å²) in [6.45, 7) is 4.32. The Labute approximate surface area is 184 Å². The quantitative estimate of drug-likeness (QED) is 0.471. The highest BCUT2D eigenvalue weighted by Crippen LogP contribution is 2.27. The lowest BCUT2D eigenvalue weighted by atomic mass is 10.2. The molecule has 0 aliphatic carbocycles. The predicted octanol–water partition coefficient (Wildman–Crippen LogP) is 4.94. The van der Waals surface area contributed by atoms with Crippen LogP contribution in [0.15, 0.2) is 58.6 Å². The van der Waals surface area contributed by atoms with Crippen molar-refractivity contribution in [3.63, 3.8) is 0 Å². The second-order valence-electron chi connectivity index (χ2n) is 6.26. The summed E-state index contributed by atoms with van der Waals surface area (Å²) in [6, 6.07) is 13.1. The third-order valence-electron chi connectivity index (χ3n) is 4.22. The van der Waals surface area contributed by atoms with Gasteiger partial charge in [-0.3, -0.25) is 0 Å². The zero-order chi connectivity index (χ0) is 21.0. The van der Waals surface area contributed by atoms with Gasteiger partial charge < -0.3 is 4.57 Å². The van der Waals surface area contributed by atoms with Crippen LogP contribution >= 0.6 is 35.0 Å². The van der Waals surface area contributed by atoms with Crippen molar-refractivity contribution in [1.29, 1.82) is 0 Å². The minimum atomic E-state index is -3.72. The average molecular weight is 471 g/mol. The third-order valence-corrected chi connectivity index (χ3v) is 7.41. The van der Waals surface area contributed by atoms with Crippen molar-refractivity contribution in [2.24, 2.45) is 0 Å². The maximum atomic E-state index is 12.7. The van der Waals surface area contributed by atoms with Crippen molar-refractivity contribution in [2.45, 2.75) is 42.2 Å². The Morgan fingerprint density at radius 3 is 2.45 bits per heavy atom. The first kappa shape index (κ1) is 22.1. The summed E-state index contributed by atoms with van der Waals surface area (Å²) in [5, 5.41) is 10.4. The van der Waals surface area contributed by atoms with Gasteiger partial charge in [-0.2, -0.15) is 0 Å². The number of sulfonamides is 1. The number of nitrogens with one attached hydrogen (secondary N) is 1. The molecule has 0 aliphatic rings. The average Bonchev–Trinajstić information content (AvgIpc) is 3.10. The van der Waals surface area contributed by atoms with Gasteiger partial charge in [0, 0.05) is 22.3 Å². The van der Waals surface area contributed by atoms with Crippen LogP contribution in [0.2, 0.25) is 10.0 Å². The van der Waals surface area contributed by atoms with Gasteiger partial charge in [-0.15, -0.1) is 10.2 Å². The highest BCUT2D eigenvalue weighted by atomic mass is 35.5. The molecule has 3 rings (SSSR count). The molecular formula is C19H20Cl2N4O2S2. The lowest BCUT2D eigenvalue weighted by Gasteiger charge is -2.15. The highest BCUT2D eigenvalue weighted by molar-refractivity contribution is 7.98. The Kier molecular flexibility index (Phi) is 7.23. The first-order valence-corrected chi connectivity index (χ1v) is 12.1. The summed E-state index contributed by atoms with van der Waals surface area (Å²) in [5.41, 5.74) is 1.00. The van der Waals surface area contributed by atoms with Crippen LogP contribution in [-0.2, 0) is 22.3 Å². The normalized spacial score (nSPS) is 12.8. The highest BCUT2D eigenvalue weighted by Gasteiger charge is 2.23. The lowest BCUT2D eigenvalue weighted by molar-refractivity contribution is 0.539. The van der Waals surface area contributed by atoms with E-state index in [1.807, 2.05) is 35.8 Å². The summed E-state index contributed by atoms with van der Waals surface area (Å²) < 4.78 is 29.9. The number of hydrogen-bond donors (Lipinski definition) is 1. The second-order valence-corrected chi connectivity index (χ2v) is 9.76. The minimum Gasteiger partial charge on any atom is -0.305 e. The van der Waals surface area contributed by atoms with Crippen LogP contribution in [0.1, 0.15) is 31.3 Å². The molecule has 3 aromatic rings. The van der Waals surface area contributed by atoms with Crippen LogP contribution in [0.25, 0.3) is 0 Å². The molecule has 0 aliphatic heterocycles. The number of aromatic nitrogens is 3. The Bertz CT molecular complexity index is 1090. The predicted molar refractivity (Wildman–Crippen MR) is 117 cm³/mol. The van der Waals surface area contributed by atoms with E-state index in [1.54, 1.807) is 19.1 Å². The number of nitrogens with zero attached hydrogens (tertiary/aromatic N) is 3. The molecule has 0 spiro atoms. The van der Waals surface area contributed by atoms with E-state index in [0.29, 0.717) is 33.3 Å². The second kappa shape index (κ2) is 9.49. The van der Waals surface area contributed by atoms with Crippen molar-refractivity contribution < 1.29 is 8.42 Å². The molecule has 0 bridgehead atoms. The first-order valence-electron chi connectivity index (χ1n) is 8.89. The number of thioether (sulfide) groups is 1. The fraction of sp³-hybridized carbons (Fsp3) is 0.263. The topological polar surface area (TPSA) is 76.9 Å². The van der Waals surface area contributed by atoms with Crippen molar-refractivity contribution in [3.8, 4) is 0 Å². The van der Waals surface area contributed by atoms with Crippen LogP contribution in [0.5, 0.6) is 0 Å². The van der Waals surface area contributed by atoms with Gasteiger partial charge >= 0.3 is 0 Å². The smallest absolute Gasteiger partial charge is 0.241 e. The van der Waals surface area contributed by atoms with Gasteiger partial charge in [0.2, 0.25) is 10.0 Å². The molecule has 1 heterocycles. The molecule has 0 fully saturated rings. The van der Waals surface area contributed by atoms with Gasteiger partial charge in [-0.05, 0) is 49.7 Å². The summed E-state index contributed by atoms with van der Waals surface area (Å²) in [5.74, 6) is 1.19. The molecule has 0 radical (unpaired) electrons. The standard InChI is InChI=1S/C19H20Cl2N4O2S2/c1-3-25-18(13(2)24-29(26,27)16-10-8-15(20)9-11-16)22-23-19(25)28-12-14-6-4-5-7-17(14)21/h4-11,13,24H,3,12H2,1-2H3/t13-/m0/s1. The first-order chi connectivity index (χ1) is 13.8. The molecule has 0 unspecified atom stereocenters. The van der Waals surface area contributed by atoms with E-state index in [4.69, 9.17) is 23.2 Å². The van der Waals surface area contributed by atoms with Crippen LogP contribution in [0.3, 0.4) is 0 Å². The summed E-state index contributed by atoms with van der Waals surface area (Å²) in [6.07, 6.45) is 0. The molecule has 0 saturated carbocycles. The maximum absolute atomic E-state index is 12.7. The van der Waals surface area contributed by atoms with Crippen molar-refractivity contribution in [1.82, 2.24) is 19.5 Å². The largest absolute Gasteiger partial charge is 0.305 e. The molecule has 0 saturated heterocycles. The maximum Gasteiger partial charge on any atom is 0.241 e. The van der Waals surface area contributed by atoms with Crippen molar-refractivity contribution in [3.05, 3.63) is 70.0 Å². The van der Waals surface area contributed by atoms with Gasteiger partial charge in [0.15, 0.2) is 11.0 Å². The molecule has 6 nitrogen and oxygen atoms in total. The van der Waals surface area contributed by atoms with Gasteiger partial charge in [-0.25, -0.2) is 13.1 Å². The lowest BCUT2D eigenvalue weighted by Crippen LogP contribution is -2.29. The number of benzene rings is 2. The number of halogens is 2. The fourth-order valence-corrected chi connectivity index (χ4v) is 5.37. The molecule has 0 amide bonds. The fourth-order valence-electron chi connectivity index (χ4n) is 2.75. The molecule has 29 heavy (non-hydrogen) atoms. The van der Waals surface area contributed by atoms with Crippen LogP contribution < -0.4 is 4.72 Å². The Morgan fingerprint density at radius 2 is 1.79 bits per heavy atom. The molecule has 10 heteroatoms. The van der Waals surface area contributed by atoms with Gasteiger partial charge in [0.05, 0.1) is 10.9 Å². The van der Waals surface area contributed by atoms with E-state index in [-0.39, 0.29) is 4.90 Å². The Hall–Kier alpha value is -1.58. The van der Waals surface area contributed by atoms with Crippen LogP contribution in [0, 0.1) is 0 Å². The van der Waals surface area contributed by atoms with Crippen LogP contribution in [0.4, 0.5) is 0 Å². The SMILES string of the molecule is CCn1c(SCc2ccccc2Cl)nnc1[C@H](C)NS(=O)(=O)c1ccc(Cl)cc1. The molecule has 154 valence electrons. The molecule has 1 N–H and O–H groups in total. The van der Waals surface area contributed by atoms with Crippen molar-refractivity contribution >= 4 is 45.0 Å². The van der Waals surface area contributed by atoms with Crippen LogP contribution in [-0.4, -0.2) is 23.2 Å². The minimum absolute atomic E-state index is 0.143. The monoisotopic (exact) mass is 470 g/mol. The Morgan fingerprint density at radius 1 is 1.10 bits per heavy atom. The van der Waals surface area contributed by atoms with Gasteiger partial charge in [0.25, 0.3) is 0 Å². The summed E-state index contributed by atoms with van der Waals surface area (Å²) in [7, 11) is -3.72. The number of hydrogen-bond acceptors (Lipinski definition) is 5.